The van der Waals surface area contributed by atoms with Gasteiger partial charge in [0.05, 0.1) is 4.47 Å². The van der Waals surface area contributed by atoms with Crippen LogP contribution < -0.4 is 10.1 Å². The van der Waals surface area contributed by atoms with Crippen molar-refractivity contribution in [2.75, 3.05) is 5.32 Å². The zero-order chi connectivity index (χ0) is 21.1. The molecule has 0 radical (unpaired) electrons. The van der Waals surface area contributed by atoms with E-state index in [-0.39, 0.29) is 0 Å². The maximum Gasteiger partial charge on any atom is 0.139 e. The highest BCUT2D eigenvalue weighted by Gasteiger charge is 2.12. The van der Waals surface area contributed by atoms with Gasteiger partial charge in [-0.25, -0.2) is 0 Å². The number of rotatable bonds is 6. The molecule has 0 fully saturated rings. The molecule has 0 saturated heterocycles. The summed E-state index contributed by atoms with van der Waals surface area (Å²) in [6.45, 7) is 5.43. The first-order chi connectivity index (χ1) is 14.5. The molecule has 30 heavy (non-hydrogen) atoms. The summed E-state index contributed by atoms with van der Waals surface area (Å²) in [7, 11) is 0. The molecule has 0 aliphatic heterocycles. The molecule has 1 N–H and O–H groups in total. The lowest BCUT2D eigenvalue weighted by Gasteiger charge is -2.17. The van der Waals surface area contributed by atoms with Crippen molar-refractivity contribution in [3.8, 4) is 5.75 Å². The van der Waals surface area contributed by atoms with Crippen LogP contribution in [-0.2, 0) is 13.2 Å². The van der Waals surface area contributed by atoms with Crippen LogP contribution in [0.15, 0.2) is 81.7 Å². The van der Waals surface area contributed by atoms with E-state index >= 15 is 0 Å². The van der Waals surface area contributed by atoms with Crippen molar-refractivity contribution in [3.63, 3.8) is 0 Å². The minimum atomic E-state index is 0.512. The summed E-state index contributed by atoms with van der Waals surface area (Å²) in [5.74, 6) is 0.864. The fourth-order valence-corrected chi connectivity index (χ4v) is 5.11. The van der Waals surface area contributed by atoms with E-state index in [0.29, 0.717) is 13.2 Å². The number of fused-ring (bicyclic) bond motifs is 1. The van der Waals surface area contributed by atoms with Gasteiger partial charge in [-0.05, 0) is 69.9 Å². The standard InChI is InChI=1S/C26H23Br2NO/c1-17-10-11-25(18(2)12-17)29-15-21-13-22(27)14-24(28)26(21)30-16-20-8-5-7-19-6-3-4-9-23(19)20/h3-14,29H,15-16H2,1-2H3. The molecule has 0 unspecified atom stereocenters. The van der Waals surface area contributed by atoms with Crippen LogP contribution in [0.25, 0.3) is 10.8 Å². The van der Waals surface area contributed by atoms with Gasteiger partial charge in [0.2, 0.25) is 0 Å². The van der Waals surface area contributed by atoms with Gasteiger partial charge in [0.1, 0.15) is 12.4 Å². The molecule has 152 valence electrons. The molecule has 0 aromatic heterocycles. The first-order valence-corrected chi connectivity index (χ1v) is 11.5. The lowest BCUT2D eigenvalue weighted by atomic mass is 10.1. The number of benzene rings is 4. The van der Waals surface area contributed by atoms with Crippen molar-refractivity contribution >= 4 is 48.3 Å². The minimum Gasteiger partial charge on any atom is -0.487 e. The Hall–Kier alpha value is -2.30. The van der Waals surface area contributed by atoms with Crippen LogP contribution in [0.4, 0.5) is 5.69 Å². The van der Waals surface area contributed by atoms with E-state index in [1.807, 2.05) is 6.07 Å². The quantitative estimate of drug-likeness (QED) is 0.274. The van der Waals surface area contributed by atoms with Crippen molar-refractivity contribution in [1.82, 2.24) is 0 Å². The van der Waals surface area contributed by atoms with Crippen LogP contribution in [-0.4, -0.2) is 0 Å². The van der Waals surface area contributed by atoms with E-state index in [9.17, 15) is 0 Å². The highest BCUT2D eigenvalue weighted by molar-refractivity contribution is 9.11. The molecule has 0 aliphatic carbocycles. The van der Waals surface area contributed by atoms with E-state index in [0.717, 1.165) is 25.9 Å². The van der Waals surface area contributed by atoms with E-state index in [1.54, 1.807) is 0 Å². The van der Waals surface area contributed by atoms with Crippen LogP contribution in [0, 0.1) is 13.8 Å². The lowest BCUT2D eigenvalue weighted by molar-refractivity contribution is 0.302. The zero-order valence-corrected chi connectivity index (χ0v) is 20.2. The van der Waals surface area contributed by atoms with Gasteiger partial charge in [-0.1, -0.05) is 76.1 Å². The van der Waals surface area contributed by atoms with Crippen LogP contribution >= 0.6 is 31.9 Å². The molecule has 2 nitrogen and oxygen atoms in total. The minimum absolute atomic E-state index is 0.512. The Bertz CT molecular complexity index is 1200. The summed E-state index contributed by atoms with van der Waals surface area (Å²) in [6.07, 6.45) is 0. The van der Waals surface area contributed by atoms with Gasteiger partial charge < -0.3 is 10.1 Å². The second kappa shape index (κ2) is 9.23. The molecule has 4 aromatic carbocycles. The first kappa shape index (κ1) is 21.0. The maximum absolute atomic E-state index is 6.35. The second-order valence-electron chi connectivity index (χ2n) is 7.47. The SMILES string of the molecule is Cc1ccc(NCc2cc(Br)cc(Br)c2OCc2cccc3ccccc23)c(C)c1. The molecule has 0 heterocycles. The molecule has 0 aliphatic rings. The predicted octanol–water partition coefficient (Wildman–Crippen LogP) is 8.17. The van der Waals surface area contributed by atoms with E-state index in [2.05, 4.69) is 118 Å². The third kappa shape index (κ3) is 4.71. The van der Waals surface area contributed by atoms with E-state index in [1.165, 1.54) is 27.5 Å². The number of anilines is 1. The molecule has 0 amide bonds. The molecular weight excluding hydrogens is 502 g/mol. The lowest BCUT2D eigenvalue weighted by Crippen LogP contribution is -2.06. The fourth-order valence-electron chi connectivity index (χ4n) is 3.68. The molecule has 0 saturated carbocycles. The smallest absolute Gasteiger partial charge is 0.139 e. The average Bonchev–Trinajstić information content (AvgIpc) is 2.72. The van der Waals surface area contributed by atoms with Gasteiger partial charge in [-0.15, -0.1) is 0 Å². The van der Waals surface area contributed by atoms with Gasteiger partial charge in [-0.3, -0.25) is 0 Å². The van der Waals surface area contributed by atoms with Crippen molar-refractivity contribution in [3.05, 3.63) is 104 Å². The van der Waals surface area contributed by atoms with Crippen molar-refractivity contribution in [1.29, 1.82) is 0 Å². The Kier molecular flexibility index (Phi) is 6.45. The summed E-state index contributed by atoms with van der Waals surface area (Å²) in [6, 6.07) is 25.3. The van der Waals surface area contributed by atoms with Gasteiger partial charge in [-0.2, -0.15) is 0 Å². The van der Waals surface area contributed by atoms with Gasteiger partial charge in [0, 0.05) is 22.3 Å². The number of hydrogen-bond acceptors (Lipinski definition) is 2. The molecule has 4 rings (SSSR count). The number of aryl methyl sites for hydroxylation is 2. The maximum atomic E-state index is 6.35. The van der Waals surface area contributed by atoms with Gasteiger partial charge in [0.15, 0.2) is 0 Å². The average molecular weight is 525 g/mol. The monoisotopic (exact) mass is 523 g/mol. The predicted molar refractivity (Wildman–Crippen MR) is 133 cm³/mol. The summed E-state index contributed by atoms with van der Waals surface area (Å²) >= 11 is 7.30. The summed E-state index contributed by atoms with van der Waals surface area (Å²) in [5, 5.41) is 6.01. The van der Waals surface area contributed by atoms with Crippen molar-refractivity contribution in [2.45, 2.75) is 27.0 Å². The molecule has 0 spiro atoms. The highest BCUT2D eigenvalue weighted by atomic mass is 79.9. The van der Waals surface area contributed by atoms with Crippen LogP contribution in [0.1, 0.15) is 22.3 Å². The highest BCUT2D eigenvalue weighted by Crippen LogP contribution is 2.35. The number of nitrogens with one attached hydrogen (secondary N) is 1. The third-order valence-electron chi connectivity index (χ3n) is 5.19. The van der Waals surface area contributed by atoms with Gasteiger partial charge in [0.25, 0.3) is 0 Å². The third-order valence-corrected chi connectivity index (χ3v) is 6.24. The molecule has 4 aromatic rings. The Morgan fingerprint density at radius 1 is 0.833 bits per heavy atom. The molecule has 4 heteroatoms. The Balaban J connectivity index is 1.58. The van der Waals surface area contributed by atoms with Crippen molar-refractivity contribution < 1.29 is 4.74 Å². The fraction of sp³-hybridized carbons (Fsp3) is 0.154. The van der Waals surface area contributed by atoms with Crippen LogP contribution in [0.3, 0.4) is 0 Å². The molecular formula is C26H23Br2NO. The molecule has 0 bridgehead atoms. The number of ether oxygens (including phenoxy) is 1. The largest absolute Gasteiger partial charge is 0.487 e. The number of halogens is 2. The summed E-state index contributed by atoms with van der Waals surface area (Å²) < 4.78 is 8.30. The normalized spacial score (nSPS) is 10.9. The van der Waals surface area contributed by atoms with Gasteiger partial charge >= 0.3 is 0 Å². The molecule has 0 atom stereocenters. The Morgan fingerprint density at radius 3 is 2.47 bits per heavy atom. The van der Waals surface area contributed by atoms with E-state index in [4.69, 9.17) is 4.74 Å². The Labute approximate surface area is 194 Å². The number of hydrogen-bond donors (Lipinski definition) is 1. The zero-order valence-electron chi connectivity index (χ0n) is 17.0. The summed E-state index contributed by atoms with van der Waals surface area (Å²) in [5.41, 5.74) is 5.91. The van der Waals surface area contributed by atoms with Crippen LogP contribution in [0.2, 0.25) is 0 Å². The van der Waals surface area contributed by atoms with Crippen molar-refractivity contribution in [2.24, 2.45) is 0 Å². The second-order valence-corrected chi connectivity index (χ2v) is 9.24. The van der Waals surface area contributed by atoms with Crippen LogP contribution in [0.5, 0.6) is 5.75 Å². The Morgan fingerprint density at radius 2 is 1.63 bits per heavy atom. The first-order valence-electron chi connectivity index (χ1n) is 9.90. The van der Waals surface area contributed by atoms with E-state index < -0.39 is 0 Å². The topological polar surface area (TPSA) is 21.3 Å². The summed E-state index contributed by atoms with van der Waals surface area (Å²) in [4.78, 5) is 0.